The Morgan fingerprint density at radius 3 is 0.844 bits per heavy atom. The van der Waals surface area contributed by atoms with Gasteiger partial charge in [-0.25, -0.2) is 0 Å². The van der Waals surface area contributed by atoms with E-state index < -0.39 is 6.10 Å². The number of unbranched alkanes of at least 4 members (excludes halogenated alkanes) is 38. The molecule has 0 heterocycles. The van der Waals surface area contributed by atoms with Crippen molar-refractivity contribution in [2.45, 2.75) is 348 Å². The summed E-state index contributed by atoms with van der Waals surface area (Å²) < 4.78 is 16.9. The quantitative estimate of drug-likeness (QED) is 0.0261. The van der Waals surface area contributed by atoms with Gasteiger partial charge in [0.25, 0.3) is 0 Å². The topological polar surface area (TPSA) is 78.9 Å². The van der Waals surface area contributed by atoms with Gasteiger partial charge in [0.1, 0.15) is 13.2 Å². The summed E-state index contributed by atoms with van der Waals surface area (Å²) in [4.78, 5) is 38.3. The Labute approximate surface area is 478 Å². The van der Waals surface area contributed by atoms with Crippen molar-refractivity contribution in [2.24, 2.45) is 0 Å². The second-order valence-electron chi connectivity index (χ2n) is 22.4. The van der Waals surface area contributed by atoms with Crippen molar-refractivity contribution < 1.29 is 28.6 Å². The number of hydrogen-bond acceptors (Lipinski definition) is 6. The van der Waals surface area contributed by atoms with Gasteiger partial charge in [-0.15, -0.1) is 0 Å². The highest BCUT2D eigenvalue weighted by Crippen LogP contribution is 2.18. The number of carbonyl (C=O) groups is 3. The summed E-state index contributed by atoms with van der Waals surface area (Å²) in [6, 6.07) is 0. The number of ether oxygens (including phenoxy) is 3. The first-order valence-electron chi connectivity index (χ1n) is 33.4. The van der Waals surface area contributed by atoms with E-state index in [0.717, 1.165) is 128 Å². The highest BCUT2D eigenvalue weighted by molar-refractivity contribution is 5.71. The van der Waals surface area contributed by atoms with Gasteiger partial charge >= 0.3 is 17.9 Å². The number of rotatable bonds is 61. The minimum atomic E-state index is -0.794. The van der Waals surface area contributed by atoms with Crippen LogP contribution in [0.1, 0.15) is 342 Å². The third-order valence-electron chi connectivity index (χ3n) is 14.7. The van der Waals surface area contributed by atoms with Crippen molar-refractivity contribution in [3.05, 3.63) is 72.9 Å². The monoisotopic (exact) mass is 1070 g/mol. The predicted octanol–water partition coefficient (Wildman–Crippen LogP) is 22.9. The van der Waals surface area contributed by atoms with Crippen LogP contribution in [0.15, 0.2) is 72.9 Å². The Hall–Kier alpha value is -3.15. The highest BCUT2D eigenvalue weighted by atomic mass is 16.6. The third-order valence-corrected chi connectivity index (χ3v) is 14.7. The third kappa shape index (κ3) is 63.6. The fraction of sp³-hybridized carbons (Fsp3) is 0.789. The van der Waals surface area contributed by atoms with Crippen LogP contribution in [0.5, 0.6) is 0 Å². The molecule has 0 fully saturated rings. The van der Waals surface area contributed by atoms with Crippen LogP contribution in [-0.4, -0.2) is 37.2 Å². The van der Waals surface area contributed by atoms with E-state index in [2.05, 4.69) is 93.7 Å². The van der Waals surface area contributed by atoms with Crippen LogP contribution in [0.4, 0.5) is 0 Å². The van der Waals surface area contributed by atoms with Crippen LogP contribution >= 0.6 is 0 Å². The summed E-state index contributed by atoms with van der Waals surface area (Å²) >= 11 is 0. The van der Waals surface area contributed by atoms with E-state index in [0.29, 0.717) is 19.3 Å². The van der Waals surface area contributed by atoms with Gasteiger partial charge in [0.05, 0.1) is 0 Å². The van der Waals surface area contributed by atoms with Crippen molar-refractivity contribution in [1.82, 2.24) is 0 Å². The lowest BCUT2D eigenvalue weighted by molar-refractivity contribution is -0.167. The molecular weight excluding hydrogens is 949 g/mol. The first kappa shape index (κ1) is 73.8. The molecule has 0 aromatic heterocycles. The molecule has 1 atom stereocenters. The Balaban J connectivity index is 4.21. The zero-order valence-corrected chi connectivity index (χ0v) is 51.2. The average Bonchev–Trinajstić information content (AvgIpc) is 3.43. The molecule has 0 amide bonds. The van der Waals surface area contributed by atoms with E-state index in [1.165, 1.54) is 173 Å². The average molecular weight is 1080 g/mol. The van der Waals surface area contributed by atoms with Gasteiger partial charge in [0.15, 0.2) is 6.10 Å². The number of hydrogen-bond donors (Lipinski definition) is 0. The molecule has 446 valence electrons. The fourth-order valence-electron chi connectivity index (χ4n) is 9.71. The van der Waals surface area contributed by atoms with Crippen LogP contribution in [0.2, 0.25) is 0 Å². The van der Waals surface area contributed by atoms with Crippen molar-refractivity contribution in [3.8, 4) is 0 Å². The first-order chi connectivity index (χ1) is 38.0. The van der Waals surface area contributed by atoms with Crippen molar-refractivity contribution in [3.63, 3.8) is 0 Å². The number of esters is 3. The molecule has 6 nitrogen and oxygen atoms in total. The molecule has 6 heteroatoms. The van der Waals surface area contributed by atoms with Gasteiger partial charge in [-0.3, -0.25) is 14.4 Å². The maximum absolute atomic E-state index is 12.9. The molecule has 0 aliphatic carbocycles. The summed E-state index contributed by atoms with van der Waals surface area (Å²) in [6.45, 7) is 6.47. The smallest absolute Gasteiger partial charge is 0.306 e. The molecule has 0 bridgehead atoms. The van der Waals surface area contributed by atoms with Crippen LogP contribution in [-0.2, 0) is 28.6 Å². The zero-order valence-electron chi connectivity index (χ0n) is 51.2. The van der Waals surface area contributed by atoms with Crippen LogP contribution in [0.25, 0.3) is 0 Å². The molecule has 0 radical (unpaired) electrons. The lowest BCUT2D eigenvalue weighted by Gasteiger charge is -2.18. The van der Waals surface area contributed by atoms with Gasteiger partial charge in [-0.1, -0.05) is 312 Å². The van der Waals surface area contributed by atoms with E-state index >= 15 is 0 Å². The Morgan fingerprint density at radius 2 is 0.532 bits per heavy atom. The lowest BCUT2D eigenvalue weighted by atomic mass is 10.0. The maximum atomic E-state index is 12.9. The van der Waals surface area contributed by atoms with Gasteiger partial charge in [0, 0.05) is 19.3 Å². The van der Waals surface area contributed by atoms with Gasteiger partial charge in [0.2, 0.25) is 0 Å². The van der Waals surface area contributed by atoms with Gasteiger partial charge in [-0.05, 0) is 83.5 Å². The second-order valence-corrected chi connectivity index (χ2v) is 22.4. The molecule has 0 aromatic carbocycles. The minimum absolute atomic E-state index is 0.0875. The summed E-state index contributed by atoms with van der Waals surface area (Å²) in [5.41, 5.74) is 0. The molecule has 0 saturated heterocycles. The normalized spacial score (nSPS) is 12.5. The molecule has 1 unspecified atom stereocenters. The lowest BCUT2D eigenvalue weighted by Crippen LogP contribution is -2.30. The number of carbonyl (C=O) groups excluding carboxylic acids is 3. The summed E-state index contributed by atoms with van der Waals surface area (Å²) in [5.74, 6) is -0.912. The second kappa shape index (κ2) is 65.4. The molecule has 0 aliphatic rings. The van der Waals surface area contributed by atoms with E-state index in [1.54, 1.807) is 0 Å². The maximum Gasteiger partial charge on any atom is 0.306 e. The van der Waals surface area contributed by atoms with Crippen molar-refractivity contribution in [1.29, 1.82) is 0 Å². The van der Waals surface area contributed by atoms with Crippen molar-refractivity contribution >= 4 is 17.9 Å². The molecular formula is C71H126O6. The molecule has 77 heavy (non-hydrogen) atoms. The molecule has 0 N–H and O–H groups in total. The predicted molar refractivity (Wildman–Crippen MR) is 335 cm³/mol. The van der Waals surface area contributed by atoms with Crippen LogP contribution < -0.4 is 0 Å². The molecule has 0 rings (SSSR count). The number of allylic oxidation sites excluding steroid dienone is 12. The van der Waals surface area contributed by atoms with Crippen LogP contribution in [0.3, 0.4) is 0 Å². The van der Waals surface area contributed by atoms with Gasteiger partial charge < -0.3 is 14.2 Å². The van der Waals surface area contributed by atoms with E-state index in [-0.39, 0.29) is 31.1 Å². The first-order valence-corrected chi connectivity index (χ1v) is 33.4. The fourth-order valence-corrected chi connectivity index (χ4v) is 9.71. The molecule has 0 aromatic rings. The summed E-state index contributed by atoms with van der Waals surface area (Å²) in [5, 5.41) is 0. The minimum Gasteiger partial charge on any atom is -0.462 e. The Bertz CT molecular complexity index is 1420. The van der Waals surface area contributed by atoms with Crippen LogP contribution in [0, 0.1) is 0 Å². The summed E-state index contributed by atoms with van der Waals surface area (Å²) in [7, 11) is 0. The summed E-state index contributed by atoms with van der Waals surface area (Å²) in [6.07, 6.45) is 85.1. The van der Waals surface area contributed by atoms with Crippen molar-refractivity contribution in [2.75, 3.05) is 13.2 Å². The van der Waals surface area contributed by atoms with Gasteiger partial charge in [-0.2, -0.15) is 0 Å². The largest absolute Gasteiger partial charge is 0.462 e. The van der Waals surface area contributed by atoms with E-state index in [9.17, 15) is 14.4 Å². The standard InChI is InChI=1S/C71H126O6/c1-4-7-10-13-16-19-22-25-27-29-30-31-32-33-34-35-36-37-38-39-40-42-43-46-49-52-55-58-61-64-70(73)76-67-68(66-75-69(72)63-60-57-54-51-48-45-24-21-18-15-12-9-6-3)77-71(74)65-62-59-56-53-50-47-44-41-28-26-23-20-17-14-11-8-5-2/h8,11-12,15,17,20-21,24,26,28,44,47,68H,4-7,9-10,13-14,16,18-19,22-23,25,27,29-43,45-46,48-67H2,1-3H3/b11-8-,15-12-,20-17-,24-21-,28-26-,47-44-. The van der Waals surface area contributed by atoms with E-state index in [4.69, 9.17) is 14.2 Å². The zero-order chi connectivity index (χ0) is 55.7. The Morgan fingerprint density at radius 1 is 0.273 bits per heavy atom. The van der Waals surface area contributed by atoms with E-state index in [1.807, 2.05) is 0 Å². The molecule has 0 aliphatic heterocycles. The molecule has 0 saturated carbocycles. The highest BCUT2D eigenvalue weighted by Gasteiger charge is 2.19. The SMILES string of the molecule is CC/C=C\C/C=C\C/C=C\C/C=C\CCCCCCC(=O)OC(COC(=O)CCCCCCC/C=C\C/C=C\CCC)COC(=O)CCCCCCCCCCCCCCCCCCCCCCCCCCCCCCC. The Kier molecular flexibility index (Phi) is 62.7. The molecule has 0 spiro atoms.